The minimum Gasteiger partial charge on any atom is -0.508 e. The van der Waals surface area contributed by atoms with E-state index in [4.69, 9.17) is 5.11 Å². The van der Waals surface area contributed by atoms with Gasteiger partial charge in [-0.05, 0) is 29.7 Å². The first-order valence-electron chi connectivity index (χ1n) is 5.36. The van der Waals surface area contributed by atoms with Gasteiger partial charge in [-0.1, -0.05) is 0 Å². The molecule has 0 fully saturated rings. The number of aliphatic hydroxyl groups is 1. The largest absolute Gasteiger partial charge is 0.508 e. The SMILES string of the molecule is OCCc1nnc2ccc3ccc(O)cc3n12. The van der Waals surface area contributed by atoms with E-state index in [-0.39, 0.29) is 12.4 Å². The predicted octanol–water partition coefficient (Wildman–Crippen LogP) is 1.12. The Hall–Kier alpha value is -2.14. The minimum absolute atomic E-state index is 0.0238. The molecule has 3 aromatic rings. The Morgan fingerprint density at radius 3 is 2.76 bits per heavy atom. The molecular weight excluding hydrogens is 218 g/mol. The third kappa shape index (κ3) is 1.52. The van der Waals surface area contributed by atoms with Gasteiger partial charge >= 0.3 is 0 Å². The number of fused-ring (bicyclic) bond motifs is 3. The van der Waals surface area contributed by atoms with Crippen molar-refractivity contribution in [2.75, 3.05) is 6.61 Å². The van der Waals surface area contributed by atoms with Crippen molar-refractivity contribution in [3.8, 4) is 5.75 Å². The number of hydrogen-bond donors (Lipinski definition) is 2. The highest BCUT2D eigenvalue weighted by Gasteiger charge is 2.08. The lowest BCUT2D eigenvalue weighted by Gasteiger charge is -2.04. The van der Waals surface area contributed by atoms with E-state index >= 15 is 0 Å². The van der Waals surface area contributed by atoms with Crippen molar-refractivity contribution in [3.05, 3.63) is 36.2 Å². The van der Waals surface area contributed by atoms with Crippen LogP contribution in [0, 0.1) is 0 Å². The summed E-state index contributed by atoms with van der Waals surface area (Å²) in [4.78, 5) is 0. The van der Waals surface area contributed by atoms with Crippen molar-refractivity contribution in [2.45, 2.75) is 6.42 Å². The average molecular weight is 229 g/mol. The van der Waals surface area contributed by atoms with Crippen molar-refractivity contribution >= 4 is 16.6 Å². The molecule has 0 unspecified atom stereocenters. The summed E-state index contributed by atoms with van der Waals surface area (Å²) >= 11 is 0. The molecule has 0 aliphatic heterocycles. The first kappa shape index (κ1) is 10.0. The second-order valence-electron chi connectivity index (χ2n) is 3.86. The lowest BCUT2D eigenvalue weighted by molar-refractivity contribution is 0.296. The van der Waals surface area contributed by atoms with E-state index < -0.39 is 0 Å². The summed E-state index contributed by atoms with van der Waals surface area (Å²) < 4.78 is 1.85. The van der Waals surface area contributed by atoms with E-state index in [1.165, 1.54) is 0 Å². The summed E-state index contributed by atoms with van der Waals surface area (Å²) in [6.45, 7) is 0.0238. The van der Waals surface area contributed by atoms with E-state index in [1.54, 1.807) is 12.1 Å². The van der Waals surface area contributed by atoms with Crippen LogP contribution in [0.2, 0.25) is 0 Å². The molecule has 2 N–H and O–H groups in total. The maximum absolute atomic E-state index is 9.54. The number of aromatic nitrogens is 3. The molecule has 0 saturated heterocycles. The van der Waals surface area contributed by atoms with Crippen LogP contribution in [-0.2, 0) is 6.42 Å². The Balaban J connectivity index is 2.42. The summed E-state index contributed by atoms with van der Waals surface area (Å²) in [5.41, 5.74) is 1.56. The summed E-state index contributed by atoms with van der Waals surface area (Å²) in [5, 5.41) is 27.6. The fourth-order valence-electron chi connectivity index (χ4n) is 1.99. The Labute approximate surface area is 97.0 Å². The topological polar surface area (TPSA) is 70.7 Å². The van der Waals surface area contributed by atoms with Crippen molar-refractivity contribution in [2.24, 2.45) is 0 Å². The zero-order chi connectivity index (χ0) is 11.8. The number of pyridine rings is 1. The Kier molecular flexibility index (Phi) is 2.19. The lowest BCUT2D eigenvalue weighted by Crippen LogP contribution is -1.99. The van der Waals surface area contributed by atoms with Gasteiger partial charge in [-0.2, -0.15) is 0 Å². The van der Waals surface area contributed by atoms with E-state index in [0.29, 0.717) is 17.9 Å². The zero-order valence-corrected chi connectivity index (χ0v) is 9.04. The van der Waals surface area contributed by atoms with Crippen molar-refractivity contribution < 1.29 is 10.2 Å². The smallest absolute Gasteiger partial charge is 0.161 e. The quantitative estimate of drug-likeness (QED) is 0.691. The maximum Gasteiger partial charge on any atom is 0.161 e. The van der Waals surface area contributed by atoms with Crippen molar-refractivity contribution in [1.82, 2.24) is 14.6 Å². The zero-order valence-electron chi connectivity index (χ0n) is 9.04. The fraction of sp³-hybridized carbons (Fsp3) is 0.167. The normalized spacial score (nSPS) is 11.4. The summed E-state index contributed by atoms with van der Waals surface area (Å²) in [6, 6.07) is 8.96. The van der Waals surface area contributed by atoms with E-state index in [9.17, 15) is 5.11 Å². The van der Waals surface area contributed by atoms with Gasteiger partial charge in [0.25, 0.3) is 0 Å². The molecule has 5 heteroatoms. The number of rotatable bonds is 2. The molecule has 0 atom stereocenters. The lowest BCUT2D eigenvalue weighted by atomic mass is 10.2. The molecule has 0 bridgehead atoms. The average Bonchev–Trinajstić information content (AvgIpc) is 2.73. The maximum atomic E-state index is 9.54. The van der Waals surface area contributed by atoms with Crippen LogP contribution in [0.3, 0.4) is 0 Å². The third-order valence-corrected chi connectivity index (χ3v) is 2.76. The van der Waals surface area contributed by atoms with Gasteiger partial charge in [0.05, 0.1) is 12.1 Å². The van der Waals surface area contributed by atoms with Crippen LogP contribution in [0.4, 0.5) is 0 Å². The van der Waals surface area contributed by atoms with Gasteiger partial charge in [0.2, 0.25) is 0 Å². The van der Waals surface area contributed by atoms with Crippen molar-refractivity contribution in [1.29, 1.82) is 0 Å². The van der Waals surface area contributed by atoms with Gasteiger partial charge in [-0.15, -0.1) is 10.2 Å². The van der Waals surface area contributed by atoms with Crippen LogP contribution >= 0.6 is 0 Å². The highest BCUT2D eigenvalue weighted by molar-refractivity contribution is 5.83. The molecule has 86 valence electrons. The third-order valence-electron chi connectivity index (χ3n) is 2.76. The van der Waals surface area contributed by atoms with E-state index in [1.807, 2.05) is 22.6 Å². The van der Waals surface area contributed by atoms with Crippen molar-refractivity contribution in [3.63, 3.8) is 0 Å². The number of phenolic OH excluding ortho intramolecular Hbond substituents is 1. The first-order chi connectivity index (χ1) is 8.29. The van der Waals surface area contributed by atoms with Crippen LogP contribution in [-0.4, -0.2) is 31.4 Å². The van der Waals surface area contributed by atoms with E-state index in [0.717, 1.165) is 10.9 Å². The van der Waals surface area contributed by atoms with Crippen LogP contribution in [0.15, 0.2) is 30.3 Å². The highest BCUT2D eigenvalue weighted by atomic mass is 16.3. The standard InChI is InChI=1S/C12H11N3O2/c16-6-5-12-14-13-11-4-2-8-1-3-9(17)7-10(8)15(11)12/h1-4,7,16-17H,5-6H2. The molecule has 2 aromatic heterocycles. The molecule has 1 aromatic carbocycles. The number of benzene rings is 1. The van der Waals surface area contributed by atoms with Gasteiger partial charge in [0.15, 0.2) is 5.65 Å². The molecule has 0 radical (unpaired) electrons. The molecule has 17 heavy (non-hydrogen) atoms. The molecule has 0 aliphatic rings. The Morgan fingerprint density at radius 1 is 1.12 bits per heavy atom. The fourth-order valence-corrected chi connectivity index (χ4v) is 1.99. The summed E-state index contributed by atoms with van der Waals surface area (Å²) in [5.74, 6) is 0.896. The number of aliphatic hydroxyl groups excluding tert-OH is 1. The molecule has 0 aliphatic carbocycles. The van der Waals surface area contributed by atoms with Gasteiger partial charge in [0.1, 0.15) is 11.6 Å². The molecule has 0 saturated carbocycles. The molecule has 0 spiro atoms. The molecule has 0 amide bonds. The van der Waals surface area contributed by atoms with Gasteiger partial charge < -0.3 is 10.2 Å². The summed E-state index contributed by atoms with van der Waals surface area (Å²) in [6.07, 6.45) is 0.440. The van der Waals surface area contributed by atoms with Gasteiger partial charge in [-0.3, -0.25) is 4.40 Å². The van der Waals surface area contributed by atoms with Crippen LogP contribution in [0.25, 0.3) is 16.6 Å². The second kappa shape index (κ2) is 3.71. The van der Waals surface area contributed by atoms with E-state index in [2.05, 4.69) is 10.2 Å². The monoisotopic (exact) mass is 229 g/mol. The van der Waals surface area contributed by atoms with Crippen LogP contribution < -0.4 is 0 Å². The van der Waals surface area contributed by atoms with Gasteiger partial charge in [-0.25, -0.2) is 0 Å². The Morgan fingerprint density at radius 2 is 1.94 bits per heavy atom. The molecule has 5 nitrogen and oxygen atoms in total. The Bertz CT molecular complexity index is 691. The highest BCUT2D eigenvalue weighted by Crippen LogP contribution is 2.22. The van der Waals surface area contributed by atoms with Gasteiger partial charge in [0, 0.05) is 12.5 Å². The minimum atomic E-state index is 0.0238. The number of phenols is 1. The van der Waals surface area contributed by atoms with Crippen LogP contribution in [0.5, 0.6) is 5.75 Å². The summed E-state index contributed by atoms with van der Waals surface area (Å²) in [7, 11) is 0. The second-order valence-corrected chi connectivity index (χ2v) is 3.86. The number of nitrogens with zero attached hydrogens (tertiary/aromatic N) is 3. The van der Waals surface area contributed by atoms with Crippen LogP contribution in [0.1, 0.15) is 5.82 Å². The number of aromatic hydroxyl groups is 1. The molecular formula is C12H11N3O2. The number of hydrogen-bond acceptors (Lipinski definition) is 4. The first-order valence-corrected chi connectivity index (χ1v) is 5.36. The molecule has 2 heterocycles. The predicted molar refractivity (Wildman–Crippen MR) is 62.9 cm³/mol. The molecule has 3 rings (SSSR count).